The van der Waals surface area contributed by atoms with Gasteiger partial charge in [0.2, 0.25) is 5.91 Å². The first-order valence-electron chi connectivity index (χ1n) is 5.65. The zero-order valence-corrected chi connectivity index (χ0v) is 10.3. The molecule has 1 fully saturated rings. The molecule has 2 N–H and O–H groups in total. The minimum Gasteiger partial charge on any atom is -0.481 e. The highest BCUT2D eigenvalue weighted by atomic mass is 32.1. The summed E-state index contributed by atoms with van der Waals surface area (Å²) >= 11 is 1.65. The molecule has 5 heteroatoms. The van der Waals surface area contributed by atoms with E-state index in [-0.39, 0.29) is 17.9 Å². The highest BCUT2D eigenvalue weighted by Gasteiger charge is 2.38. The standard InChI is InChI=1S/C12H15NO3S/c14-10-3-5-12(13-10,6-4-11(15)16)8-9-2-1-7-17-9/h1-2,7H,3-6,8H2,(H,13,14)(H,15,16)/t12-/m0/s1. The maximum absolute atomic E-state index is 11.4. The molecule has 92 valence electrons. The van der Waals surface area contributed by atoms with E-state index in [0.717, 1.165) is 12.8 Å². The summed E-state index contributed by atoms with van der Waals surface area (Å²) < 4.78 is 0. The molecule has 0 saturated carbocycles. The minimum absolute atomic E-state index is 0.0342. The van der Waals surface area contributed by atoms with E-state index in [4.69, 9.17) is 5.11 Å². The van der Waals surface area contributed by atoms with Crippen LogP contribution in [0.15, 0.2) is 17.5 Å². The van der Waals surface area contributed by atoms with Crippen LogP contribution in [-0.4, -0.2) is 22.5 Å². The number of amides is 1. The Bertz CT molecular complexity index is 415. The van der Waals surface area contributed by atoms with Crippen molar-refractivity contribution in [1.29, 1.82) is 0 Å². The van der Waals surface area contributed by atoms with Gasteiger partial charge in [-0.25, -0.2) is 0 Å². The van der Waals surface area contributed by atoms with Crippen molar-refractivity contribution in [1.82, 2.24) is 5.32 Å². The summed E-state index contributed by atoms with van der Waals surface area (Å²) in [6.07, 6.45) is 2.59. The Morgan fingerprint density at radius 2 is 2.41 bits per heavy atom. The van der Waals surface area contributed by atoms with E-state index in [1.54, 1.807) is 11.3 Å². The summed E-state index contributed by atoms with van der Waals surface area (Å²) in [7, 11) is 0. The van der Waals surface area contributed by atoms with Gasteiger partial charge >= 0.3 is 5.97 Å². The van der Waals surface area contributed by atoms with E-state index < -0.39 is 5.97 Å². The van der Waals surface area contributed by atoms with Crippen molar-refractivity contribution in [2.75, 3.05) is 0 Å². The number of rotatable bonds is 5. The number of nitrogens with one attached hydrogen (secondary N) is 1. The summed E-state index contributed by atoms with van der Waals surface area (Å²) in [6.45, 7) is 0. The number of thiophene rings is 1. The molecule has 2 heterocycles. The lowest BCUT2D eigenvalue weighted by molar-refractivity contribution is -0.137. The molecule has 0 bridgehead atoms. The Morgan fingerprint density at radius 1 is 1.59 bits per heavy atom. The molecule has 1 aromatic rings. The van der Waals surface area contributed by atoms with Crippen molar-refractivity contribution in [3.8, 4) is 0 Å². The number of carbonyl (C=O) groups excluding carboxylic acids is 1. The molecule has 0 spiro atoms. The first kappa shape index (κ1) is 12.1. The summed E-state index contributed by atoms with van der Waals surface area (Å²) in [4.78, 5) is 23.2. The van der Waals surface area contributed by atoms with Crippen molar-refractivity contribution in [2.45, 2.75) is 37.6 Å². The molecular weight excluding hydrogens is 238 g/mol. The van der Waals surface area contributed by atoms with Crippen molar-refractivity contribution in [3.05, 3.63) is 22.4 Å². The summed E-state index contributed by atoms with van der Waals surface area (Å²) in [6, 6.07) is 4.00. The molecule has 0 aliphatic carbocycles. The van der Waals surface area contributed by atoms with Gasteiger partial charge in [-0.2, -0.15) is 0 Å². The third-order valence-corrected chi connectivity index (χ3v) is 4.02. The Morgan fingerprint density at radius 3 is 2.94 bits per heavy atom. The quantitative estimate of drug-likeness (QED) is 0.841. The fourth-order valence-corrected chi connectivity index (χ4v) is 3.12. The van der Waals surface area contributed by atoms with E-state index in [2.05, 4.69) is 5.32 Å². The largest absolute Gasteiger partial charge is 0.481 e. The van der Waals surface area contributed by atoms with Gasteiger partial charge in [0.15, 0.2) is 0 Å². The van der Waals surface area contributed by atoms with Crippen LogP contribution in [0.2, 0.25) is 0 Å². The lowest BCUT2D eigenvalue weighted by Crippen LogP contribution is -2.43. The van der Waals surface area contributed by atoms with Gasteiger partial charge in [-0.1, -0.05) is 6.07 Å². The predicted molar refractivity (Wildman–Crippen MR) is 65.0 cm³/mol. The van der Waals surface area contributed by atoms with Crippen molar-refractivity contribution in [2.24, 2.45) is 0 Å². The van der Waals surface area contributed by atoms with E-state index in [1.165, 1.54) is 4.88 Å². The average Bonchev–Trinajstić information content (AvgIpc) is 2.87. The van der Waals surface area contributed by atoms with Crippen molar-refractivity contribution in [3.63, 3.8) is 0 Å². The predicted octanol–water partition coefficient (Wildman–Crippen LogP) is 1.80. The number of hydrogen-bond acceptors (Lipinski definition) is 3. The molecule has 1 saturated heterocycles. The van der Waals surface area contributed by atoms with Gasteiger partial charge in [0.1, 0.15) is 0 Å². The van der Waals surface area contributed by atoms with Crippen LogP contribution in [0.25, 0.3) is 0 Å². The normalized spacial score (nSPS) is 23.6. The summed E-state index contributed by atoms with van der Waals surface area (Å²) in [5.74, 6) is -0.774. The van der Waals surface area contributed by atoms with Crippen molar-refractivity contribution >= 4 is 23.2 Å². The topological polar surface area (TPSA) is 66.4 Å². The maximum atomic E-state index is 11.4. The number of carboxylic acids is 1. The second-order valence-corrected chi connectivity index (χ2v) is 5.51. The van der Waals surface area contributed by atoms with Gasteiger partial charge in [0, 0.05) is 29.7 Å². The highest BCUT2D eigenvalue weighted by molar-refractivity contribution is 7.09. The van der Waals surface area contributed by atoms with Crippen molar-refractivity contribution < 1.29 is 14.7 Å². The highest BCUT2D eigenvalue weighted by Crippen LogP contribution is 2.30. The van der Waals surface area contributed by atoms with Gasteiger partial charge in [-0.05, 0) is 24.3 Å². The second-order valence-electron chi connectivity index (χ2n) is 4.48. The monoisotopic (exact) mass is 253 g/mol. The fourth-order valence-electron chi connectivity index (χ4n) is 2.27. The lowest BCUT2D eigenvalue weighted by Gasteiger charge is -2.28. The van der Waals surface area contributed by atoms with Gasteiger partial charge < -0.3 is 10.4 Å². The molecular formula is C12H15NO3S. The maximum Gasteiger partial charge on any atom is 0.303 e. The number of carboxylic acid groups (broad SMARTS) is 1. The number of hydrogen-bond donors (Lipinski definition) is 2. The molecule has 2 rings (SSSR count). The minimum atomic E-state index is -0.809. The molecule has 1 aromatic heterocycles. The van der Waals surface area contributed by atoms with Crippen LogP contribution in [0, 0.1) is 0 Å². The van der Waals surface area contributed by atoms with E-state index >= 15 is 0 Å². The van der Waals surface area contributed by atoms with Crippen LogP contribution >= 0.6 is 11.3 Å². The van der Waals surface area contributed by atoms with Crippen LogP contribution in [0.5, 0.6) is 0 Å². The third kappa shape index (κ3) is 3.06. The molecule has 0 aromatic carbocycles. The molecule has 0 radical (unpaired) electrons. The smallest absolute Gasteiger partial charge is 0.303 e. The van der Waals surface area contributed by atoms with E-state index in [9.17, 15) is 9.59 Å². The van der Waals surface area contributed by atoms with Crippen LogP contribution < -0.4 is 5.32 Å². The third-order valence-electron chi connectivity index (χ3n) is 3.15. The first-order valence-corrected chi connectivity index (χ1v) is 6.53. The number of carbonyl (C=O) groups is 2. The van der Waals surface area contributed by atoms with Crippen LogP contribution in [-0.2, 0) is 16.0 Å². The summed E-state index contributed by atoms with van der Waals surface area (Å²) in [5, 5.41) is 13.7. The van der Waals surface area contributed by atoms with E-state index in [1.807, 2.05) is 17.5 Å². The second kappa shape index (κ2) is 4.87. The molecule has 1 aliphatic rings. The molecule has 17 heavy (non-hydrogen) atoms. The SMILES string of the molecule is O=C(O)CC[C@]1(Cc2cccs2)CCC(=O)N1. The van der Waals surface area contributed by atoms with Gasteiger partial charge in [-0.15, -0.1) is 11.3 Å². The molecule has 0 unspecified atom stereocenters. The Labute approximate surface area is 104 Å². The summed E-state index contributed by atoms with van der Waals surface area (Å²) in [5.41, 5.74) is -0.347. The zero-order chi connectivity index (χ0) is 12.3. The Kier molecular flexibility index (Phi) is 3.47. The Balaban J connectivity index is 2.07. The van der Waals surface area contributed by atoms with Crippen LogP contribution in [0.4, 0.5) is 0 Å². The van der Waals surface area contributed by atoms with Gasteiger partial charge in [0.05, 0.1) is 0 Å². The lowest BCUT2D eigenvalue weighted by atomic mass is 9.87. The first-order chi connectivity index (χ1) is 8.10. The van der Waals surface area contributed by atoms with Gasteiger partial charge in [-0.3, -0.25) is 9.59 Å². The molecule has 4 nitrogen and oxygen atoms in total. The zero-order valence-electron chi connectivity index (χ0n) is 9.44. The fraction of sp³-hybridized carbons (Fsp3) is 0.500. The molecule has 1 atom stereocenters. The van der Waals surface area contributed by atoms with Crippen LogP contribution in [0.3, 0.4) is 0 Å². The van der Waals surface area contributed by atoms with Crippen LogP contribution in [0.1, 0.15) is 30.6 Å². The molecule has 1 aliphatic heterocycles. The Hall–Kier alpha value is -1.36. The van der Waals surface area contributed by atoms with E-state index in [0.29, 0.717) is 12.8 Å². The van der Waals surface area contributed by atoms with Gasteiger partial charge in [0.25, 0.3) is 0 Å². The average molecular weight is 253 g/mol. The number of aliphatic carboxylic acids is 1. The molecule has 1 amide bonds.